The molecule has 1 saturated heterocycles. The number of rotatable bonds is 5. The van der Waals surface area contributed by atoms with Crippen LogP contribution < -0.4 is 5.32 Å². The maximum atomic E-state index is 10.4. The highest BCUT2D eigenvalue weighted by atomic mass is 35.5. The largest absolute Gasteiger partial charge is 0.386 e. The van der Waals surface area contributed by atoms with Crippen LogP contribution in [0.2, 0.25) is 5.02 Å². The van der Waals surface area contributed by atoms with Crippen molar-refractivity contribution >= 4 is 17.6 Å². The minimum Gasteiger partial charge on any atom is -0.386 e. The zero-order valence-corrected chi connectivity index (χ0v) is 15.5. The smallest absolute Gasteiger partial charge is 0.194 e. The van der Waals surface area contributed by atoms with Crippen LogP contribution in [-0.4, -0.2) is 66.2 Å². The van der Waals surface area contributed by atoms with Gasteiger partial charge in [-0.1, -0.05) is 42.0 Å². The second-order valence-electron chi connectivity index (χ2n) is 6.55. The van der Waals surface area contributed by atoms with E-state index in [1.165, 1.54) is 0 Å². The van der Waals surface area contributed by atoms with Gasteiger partial charge in [-0.2, -0.15) is 0 Å². The van der Waals surface area contributed by atoms with Crippen molar-refractivity contribution in [2.45, 2.75) is 25.5 Å². The van der Waals surface area contributed by atoms with E-state index in [1.807, 2.05) is 18.2 Å². The molecule has 0 radical (unpaired) electrons. The number of nitrogens with one attached hydrogen (secondary N) is 1. The molecule has 136 valence electrons. The number of aliphatic imine (C=N–C) groups is 1. The van der Waals surface area contributed by atoms with Gasteiger partial charge in [0.15, 0.2) is 5.96 Å². The molecule has 3 rings (SSSR count). The molecule has 1 fully saturated rings. The summed E-state index contributed by atoms with van der Waals surface area (Å²) in [6.45, 7) is 7.27. The van der Waals surface area contributed by atoms with E-state index in [0.717, 1.165) is 50.7 Å². The molecule has 25 heavy (non-hydrogen) atoms. The zero-order chi connectivity index (χ0) is 17.6. The first kappa shape index (κ1) is 18.2. The first-order valence-electron chi connectivity index (χ1n) is 9.03. The van der Waals surface area contributed by atoms with E-state index >= 15 is 0 Å². The van der Waals surface area contributed by atoms with Crippen molar-refractivity contribution in [2.75, 3.05) is 39.3 Å². The van der Waals surface area contributed by atoms with Gasteiger partial charge in [0.2, 0.25) is 0 Å². The number of benzene rings is 1. The molecule has 5 nitrogen and oxygen atoms in total. The van der Waals surface area contributed by atoms with Gasteiger partial charge in [0.1, 0.15) is 6.10 Å². The second-order valence-corrected chi connectivity index (χ2v) is 6.95. The van der Waals surface area contributed by atoms with Gasteiger partial charge in [0.25, 0.3) is 0 Å². The summed E-state index contributed by atoms with van der Waals surface area (Å²) < 4.78 is 0. The molecule has 0 saturated carbocycles. The van der Waals surface area contributed by atoms with Crippen molar-refractivity contribution in [1.82, 2.24) is 15.1 Å². The van der Waals surface area contributed by atoms with Crippen LogP contribution in [0.15, 0.2) is 41.4 Å². The number of hydrogen-bond acceptors (Lipinski definition) is 3. The van der Waals surface area contributed by atoms with Crippen molar-refractivity contribution in [2.24, 2.45) is 4.99 Å². The molecule has 0 amide bonds. The summed E-state index contributed by atoms with van der Waals surface area (Å²) in [6, 6.07) is 7.97. The molecule has 0 bridgehead atoms. The molecule has 1 aromatic carbocycles. The molecule has 1 aromatic rings. The summed E-state index contributed by atoms with van der Waals surface area (Å²) >= 11 is 6.17. The van der Waals surface area contributed by atoms with Crippen LogP contribution in [0.5, 0.6) is 0 Å². The van der Waals surface area contributed by atoms with E-state index in [1.54, 1.807) is 6.07 Å². The number of hydrogen-bond donors (Lipinski definition) is 2. The van der Waals surface area contributed by atoms with Crippen LogP contribution >= 0.6 is 11.6 Å². The predicted octanol–water partition coefficient (Wildman–Crippen LogP) is 2.29. The number of aliphatic hydroxyl groups is 1. The minimum atomic E-state index is -0.691. The third-order valence-corrected chi connectivity index (χ3v) is 5.18. The summed E-state index contributed by atoms with van der Waals surface area (Å²) in [5.41, 5.74) is 0.728. The van der Waals surface area contributed by atoms with E-state index in [2.05, 4.69) is 39.2 Å². The number of likely N-dealkylation sites (tertiary alicyclic amines) is 1. The molecular weight excluding hydrogens is 336 g/mol. The maximum Gasteiger partial charge on any atom is 0.194 e. The maximum absolute atomic E-state index is 10.4. The van der Waals surface area contributed by atoms with E-state index in [0.29, 0.717) is 17.6 Å². The fourth-order valence-corrected chi connectivity index (χ4v) is 3.73. The van der Waals surface area contributed by atoms with Crippen molar-refractivity contribution in [3.63, 3.8) is 0 Å². The summed E-state index contributed by atoms with van der Waals surface area (Å²) in [5, 5.41) is 14.4. The Labute approximate surface area is 155 Å². The highest BCUT2D eigenvalue weighted by Crippen LogP contribution is 2.23. The molecule has 2 unspecified atom stereocenters. The molecule has 2 atom stereocenters. The summed E-state index contributed by atoms with van der Waals surface area (Å²) in [6.07, 6.45) is 4.94. The van der Waals surface area contributed by atoms with E-state index in [-0.39, 0.29) is 0 Å². The SMILES string of the molecule is CCNC(=NCC(O)c1ccccc1Cl)N1CCC(N2CC=CC2)C1. The van der Waals surface area contributed by atoms with Gasteiger partial charge in [-0.3, -0.25) is 9.89 Å². The first-order chi connectivity index (χ1) is 12.2. The van der Waals surface area contributed by atoms with Gasteiger partial charge >= 0.3 is 0 Å². The van der Waals surface area contributed by atoms with E-state index in [9.17, 15) is 5.11 Å². The third-order valence-electron chi connectivity index (χ3n) is 4.84. The van der Waals surface area contributed by atoms with Crippen LogP contribution in [0, 0.1) is 0 Å². The Kier molecular flexibility index (Phi) is 6.34. The molecule has 0 aromatic heterocycles. The Balaban J connectivity index is 1.62. The summed E-state index contributed by atoms with van der Waals surface area (Å²) in [5.74, 6) is 0.878. The van der Waals surface area contributed by atoms with E-state index in [4.69, 9.17) is 11.6 Å². The average molecular weight is 363 g/mol. The number of nitrogens with zero attached hydrogens (tertiary/aromatic N) is 3. The zero-order valence-electron chi connectivity index (χ0n) is 14.7. The van der Waals surface area contributed by atoms with E-state index < -0.39 is 6.10 Å². The second kappa shape index (κ2) is 8.70. The average Bonchev–Trinajstić information content (AvgIpc) is 3.29. The van der Waals surface area contributed by atoms with Crippen LogP contribution in [0.3, 0.4) is 0 Å². The molecule has 6 heteroatoms. The summed E-state index contributed by atoms with van der Waals surface area (Å²) in [4.78, 5) is 9.46. The fourth-order valence-electron chi connectivity index (χ4n) is 3.47. The Morgan fingerprint density at radius 2 is 2.12 bits per heavy atom. The van der Waals surface area contributed by atoms with Crippen molar-refractivity contribution in [3.05, 3.63) is 47.0 Å². The Morgan fingerprint density at radius 3 is 2.84 bits per heavy atom. The van der Waals surface area contributed by atoms with Gasteiger partial charge in [-0.25, -0.2) is 0 Å². The van der Waals surface area contributed by atoms with Gasteiger partial charge in [-0.15, -0.1) is 0 Å². The lowest BCUT2D eigenvalue weighted by Crippen LogP contribution is -2.43. The number of halogens is 1. The van der Waals surface area contributed by atoms with Crippen LogP contribution in [0.25, 0.3) is 0 Å². The van der Waals surface area contributed by atoms with Gasteiger partial charge in [0.05, 0.1) is 6.54 Å². The molecule has 0 aliphatic carbocycles. The number of aliphatic hydroxyl groups excluding tert-OH is 1. The lowest BCUT2D eigenvalue weighted by atomic mass is 10.1. The minimum absolute atomic E-state index is 0.304. The van der Waals surface area contributed by atoms with Crippen LogP contribution in [-0.2, 0) is 0 Å². The molecule has 2 heterocycles. The third kappa shape index (κ3) is 4.54. The Hall–Kier alpha value is -1.56. The van der Waals surface area contributed by atoms with Crippen LogP contribution in [0.1, 0.15) is 25.0 Å². The first-order valence-corrected chi connectivity index (χ1v) is 9.41. The quantitative estimate of drug-likeness (QED) is 0.479. The molecule has 2 aliphatic heterocycles. The molecular formula is C19H27ClN4O. The van der Waals surface area contributed by atoms with Gasteiger partial charge in [0, 0.05) is 49.4 Å². The number of guanidine groups is 1. The predicted molar refractivity (Wildman–Crippen MR) is 103 cm³/mol. The normalized spacial score (nSPS) is 22.6. The lowest BCUT2D eigenvalue weighted by Gasteiger charge is -2.25. The van der Waals surface area contributed by atoms with Gasteiger partial charge in [-0.05, 0) is 19.4 Å². The highest BCUT2D eigenvalue weighted by molar-refractivity contribution is 6.31. The molecule has 2 aliphatic rings. The topological polar surface area (TPSA) is 51.1 Å². The fraction of sp³-hybridized carbons (Fsp3) is 0.526. The molecule has 2 N–H and O–H groups in total. The lowest BCUT2D eigenvalue weighted by molar-refractivity contribution is 0.186. The Bertz CT molecular complexity index is 626. The Morgan fingerprint density at radius 1 is 1.36 bits per heavy atom. The van der Waals surface area contributed by atoms with Crippen molar-refractivity contribution in [1.29, 1.82) is 0 Å². The van der Waals surface area contributed by atoms with Gasteiger partial charge < -0.3 is 15.3 Å². The summed E-state index contributed by atoms with van der Waals surface area (Å²) in [7, 11) is 0. The monoisotopic (exact) mass is 362 g/mol. The van der Waals surface area contributed by atoms with Crippen molar-refractivity contribution < 1.29 is 5.11 Å². The van der Waals surface area contributed by atoms with Crippen molar-refractivity contribution in [3.8, 4) is 0 Å². The highest BCUT2D eigenvalue weighted by Gasteiger charge is 2.29. The van der Waals surface area contributed by atoms with Crippen LogP contribution in [0.4, 0.5) is 0 Å². The standard InChI is InChI=1S/C19H27ClN4O/c1-2-21-19(22-13-18(25)16-7-3-4-8-17(16)20)24-12-9-15(14-24)23-10-5-6-11-23/h3-8,15,18,25H,2,9-14H2,1H3,(H,21,22). The molecule has 0 spiro atoms.